The Morgan fingerprint density at radius 3 is 2.05 bits per heavy atom. The molecule has 0 unspecified atom stereocenters. The summed E-state index contributed by atoms with van der Waals surface area (Å²) in [6, 6.07) is 10.4. The largest absolute Gasteiger partial charge is 0.490 e. The molecule has 1 amide bonds. The standard InChI is InChI=1S/C30H44N2O5/c1-8-34-26-13-12-22(17-27(26)35-9-2)16-25-24-19-29(37-11-4)28(36-10-3)18-23(24)14-15-32(25)30(33)20-31(7)21(5)6/h12-13,17-19,21,25H,8-11,14-16,20H2,1-7H3/t25-/m0/s1. The third-order valence-corrected chi connectivity index (χ3v) is 6.79. The summed E-state index contributed by atoms with van der Waals surface area (Å²) in [5.41, 5.74) is 3.41. The molecule has 0 N–H and O–H groups in total. The zero-order valence-corrected chi connectivity index (χ0v) is 23.6. The van der Waals surface area contributed by atoms with Crippen molar-refractivity contribution in [2.45, 2.75) is 66.5 Å². The van der Waals surface area contributed by atoms with Gasteiger partial charge in [0.05, 0.1) is 39.0 Å². The Morgan fingerprint density at radius 2 is 1.46 bits per heavy atom. The van der Waals surface area contributed by atoms with E-state index in [1.807, 2.05) is 51.8 Å². The number of carbonyl (C=O) groups is 1. The van der Waals surface area contributed by atoms with Crippen LogP contribution in [0.2, 0.25) is 0 Å². The molecule has 0 bridgehead atoms. The van der Waals surface area contributed by atoms with Crippen LogP contribution >= 0.6 is 0 Å². The molecule has 0 aliphatic carbocycles. The van der Waals surface area contributed by atoms with Crippen molar-refractivity contribution in [1.29, 1.82) is 0 Å². The van der Waals surface area contributed by atoms with Gasteiger partial charge in [-0.05, 0) is 102 Å². The molecule has 1 aliphatic heterocycles. The van der Waals surface area contributed by atoms with Crippen molar-refractivity contribution in [3.05, 3.63) is 47.0 Å². The quantitative estimate of drug-likeness (QED) is 0.363. The molecule has 1 aliphatic rings. The van der Waals surface area contributed by atoms with Crippen LogP contribution in [0.15, 0.2) is 30.3 Å². The van der Waals surface area contributed by atoms with E-state index in [1.165, 1.54) is 5.56 Å². The van der Waals surface area contributed by atoms with Gasteiger partial charge in [-0.1, -0.05) is 6.07 Å². The van der Waals surface area contributed by atoms with Gasteiger partial charge in [0.15, 0.2) is 23.0 Å². The van der Waals surface area contributed by atoms with Gasteiger partial charge in [0.2, 0.25) is 5.91 Å². The minimum atomic E-state index is -0.126. The Morgan fingerprint density at radius 1 is 0.892 bits per heavy atom. The molecule has 204 valence electrons. The molecule has 7 nitrogen and oxygen atoms in total. The van der Waals surface area contributed by atoms with Gasteiger partial charge in [0.1, 0.15) is 0 Å². The minimum absolute atomic E-state index is 0.126. The van der Waals surface area contributed by atoms with Crippen molar-refractivity contribution in [3.8, 4) is 23.0 Å². The van der Waals surface area contributed by atoms with E-state index in [0.29, 0.717) is 45.9 Å². The SMILES string of the molecule is CCOc1ccc(C[C@H]2c3cc(OCC)c(OCC)cc3CCN2C(=O)CN(C)C(C)C)cc1OCC. The van der Waals surface area contributed by atoms with E-state index < -0.39 is 0 Å². The third kappa shape index (κ3) is 7.10. The molecule has 2 aromatic rings. The Balaban J connectivity index is 2.04. The summed E-state index contributed by atoms with van der Waals surface area (Å²) in [5, 5.41) is 0. The van der Waals surface area contributed by atoms with Crippen molar-refractivity contribution in [1.82, 2.24) is 9.80 Å². The Kier molecular flexibility index (Phi) is 10.5. The van der Waals surface area contributed by atoms with Gasteiger partial charge >= 0.3 is 0 Å². The summed E-state index contributed by atoms with van der Waals surface area (Å²) in [5.74, 6) is 3.10. The lowest BCUT2D eigenvalue weighted by molar-refractivity contribution is -0.135. The van der Waals surface area contributed by atoms with Crippen molar-refractivity contribution >= 4 is 5.91 Å². The number of rotatable bonds is 13. The fraction of sp³-hybridized carbons (Fsp3) is 0.567. The Bertz CT molecular complexity index is 1040. The average molecular weight is 513 g/mol. The lowest BCUT2D eigenvalue weighted by Crippen LogP contribution is -2.46. The number of fused-ring (bicyclic) bond motifs is 1. The summed E-state index contributed by atoms with van der Waals surface area (Å²) in [4.78, 5) is 17.7. The van der Waals surface area contributed by atoms with E-state index in [2.05, 4.69) is 36.9 Å². The summed E-state index contributed by atoms with van der Waals surface area (Å²) >= 11 is 0. The first-order chi connectivity index (χ1) is 17.8. The van der Waals surface area contributed by atoms with Crippen molar-refractivity contribution in [2.24, 2.45) is 0 Å². The number of carbonyl (C=O) groups excluding carboxylic acids is 1. The van der Waals surface area contributed by atoms with Crippen LogP contribution in [0.5, 0.6) is 23.0 Å². The number of benzene rings is 2. The summed E-state index contributed by atoms with van der Waals surface area (Å²) in [7, 11) is 2.00. The molecule has 0 radical (unpaired) electrons. The van der Waals surface area contributed by atoms with Gasteiger partial charge in [-0.15, -0.1) is 0 Å². The molecule has 0 fully saturated rings. The van der Waals surface area contributed by atoms with E-state index in [-0.39, 0.29) is 18.0 Å². The lowest BCUT2D eigenvalue weighted by atomic mass is 9.88. The monoisotopic (exact) mass is 512 g/mol. The predicted octanol–water partition coefficient (Wildman–Crippen LogP) is 5.29. The first kappa shape index (κ1) is 28.6. The maximum absolute atomic E-state index is 13.6. The van der Waals surface area contributed by atoms with E-state index >= 15 is 0 Å². The first-order valence-corrected chi connectivity index (χ1v) is 13.6. The molecule has 1 heterocycles. The molecule has 0 spiro atoms. The zero-order valence-electron chi connectivity index (χ0n) is 23.6. The molecule has 2 aromatic carbocycles. The van der Waals surface area contributed by atoms with Gasteiger partial charge in [0, 0.05) is 12.6 Å². The second-order valence-corrected chi connectivity index (χ2v) is 9.58. The van der Waals surface area contributed by atoms with Gasteiger partial charge in [-0.3, -0.25) is 9.69 Å². The lowest BCUT2D eigenvalue weighted by Gasteiger charge is -2.39. The summed E-state index contributed by atoms with van der Waals surface area (Å²) < 4.78 is 23.5. The van der Waals surface area contributed by atoms with Gasteiger partial charge < -0.3 is 23.8 Å². The number of hydrogen-bond donors (Lipinski definition) is 0. The van der Waals surface area contributed by atoms with Crippen LogP contribution in [0.25, 0.3) is 0 Å². The van der Waals surface area contributed by atoms with Gasteiger partial charge in [-0.2, -0.15) is 0 Å². The van der Waals surface area contributed by atoms with Gasteiger partial charge in [-0.25, -0.2) is 0 Å². The molecule has 3 rings (SSSR count). The van der Waals surface area contributed by atoms with Crippen LogP contribution < -0.4 is 18.9 Å². The Hall–Kier alpha value is -2.93. The van der Waals surface area contributed by atoms with Crippen molar-refractivity contribution in [2.75, 3.05) is 46.6 Å². The molecule has 0 saturated heterocycles. The topological polar surface area (TPSA) is 60.5 Å². The second kappa shape index (κ2) is 13.6. The zero-order chi connectivity index (χ0) is 26.9. The first-order valence-electron chi connectivity index (χ1n) is 13.6. The molecule has 1 atom stereocenters. The number of ether oxygens (including phenoxy) is 4. The molecule has 0 aromatic heterocycles. The molecule has 0 saturated carbocycles. The third-order valence-electron chi connectivity index (χ3n) is 6.79. The molecule has 37 heavy (non-hydrogen) atoms. The van der Waals surface area contributed by atoms with Crippen molar-refractivity contribution < 1.29 is 23.7 Å². The number of hydrogen-bond acceptors (Lipinski definition) is 6. The molecular formula is C30H44N2O5. The van der Waals surface area contributed by atoms with Crippen LogP contribution in [0, 0.1) is 0 Å². The Labute approximate surface area is 222 Å². The van der Waals surface area contributed by atoms with Crippen LogP contribution in [0.3, 0.4) is 0 Å². The average Bonchev–Trinajstić information content (AvgIpc) is 2.86. The maximum atomic E-state index is 13.6. The van der Waals surface area contributed by atoms with Crippen molar-refractivity contribution in [3.63, 3.8) is 0 Å². The summed E-state index contributed by atoms with van der Waals surface area (Å²) in [6.07, 6.45) is 1.44. The normalized spacial score (nSPS) is 15.1. The number of nitrogens with zero attached hydrogens (tertiary/aromatic N) is 2. The van der Waals surface area contributed by atoms with E-state index in [4.69, 9.17) is 18.9 Å². The van der Waals surface area contributed by atoms with Crippen LogP contribution in [0.1, 0.15) is 64.3 Å². The van der Waals surface area contributed by atoms with E-state index in [0.717, 1.165) is 40.5 Å². The highest BCUT2D eigenvalue weighted by Gasteiger charge is 2.33. The fourth-order valence-corrected chi connectivity index (χ4v) is 4.70. The highest BCUT2D eigenvalue weighted by atomic mass is 16.5. The van der Waals surface area contributed by atoms with Crippen LogP contribution in [-0.2, 0) is 17.6 Å². The molecule has 7 heteroatoms. The van der Waals surface area contributed by atoms with Crippen LogP contribution in [-0.4, -0.2) is 68.3 Å². The van der Waals surface area contributed by atoms with Crippen LogP contribution in [0.4, 0.5) is 0 Å². The van der Waals surface area contributed by atoms with E-state index in [9.17, 15) is 4.79 Å². The summed E-state index contributed by atoms with van der Waals surface area (Å²) in [6.45, 7) is 15.4. The molecular weight excluding hydrogens is 468 g/mol. The van der Waals surface area contributed by atoms with E-state index in [1.54, 1.807) is 0 Å². The minimum Gasteiger partial charge on any atom is -0.490 e. The second-order valence-electron chi connectivity index (χ2n) is 9.58. The van der Waals surface area contributed by atoms with Gasteiger partial charge in [0.25, 0.3) is 0 Å². The predicted molar refractivity (Wildman–Crippen MR) is 147 cm³/mol. The number of amides is 1. The maximum Gasteiger partial charge on any atom is 0.237 e. The highest BCUT2D eigenvalue weighted by molar-refractivity contribution is 5.79. The highest BCUT2D eigenvalue weighted by Crippen LogP contribution is 2.41. The number of likely N-dealkylation sites (N-methyl/N-ethyl adjacent to an activating group) is 1. The smallest absolute Gasteiger partial charge is 0.237 e. The fourth-order valence-electron chi connectivity index (χ4n) is 4.70.